The van der Waals surface area contributed by atoms with Crippen molar-refractivity contribution in [3.05, 3.63) is 58.7 Å². The van der Waals surface area contributed by atoms with E-state index in [0.717, 1.165) is 16.7 Å². The lowest BCUT2D eigenvalue weighted by Gasteiger charge is -2.31. The molecule has 9 nitrogen and oxygen atoms in total. The van der Waals surface area contributed by atoms with Gasteiger partial charge in [0.05, 0.1) is 11.4 Å². The number of nitrogens with one attached hydrogen (secondary N) is 2. The summed E-state index contributed by atoms with van der Waals surface area (Å²) >= 11 is 0. The second-order valence-electron chi connectivity index (χ2n) is 8.62. The monoisotopic (exact) mass is 486 g/mol. The summed E-state index contributed by atoms with van der Waals surface area (Å²) in [5.74, 6) is -1.58. The predicted octanol–water partition coefficient (Wildman–Crippen LogP) is 1.87. The molecule has 10 heteroatoms. The van der Waals surface area contributed by atoms with Crippen LogP contribution in [0.15, 0.2) is 41.3 Å². The van der Waals surface area contributed by atoms with Crippen LogP contribution in [0.5, 0.6) is 0 Å². The lowest BCUT2D eigenvalue weighted by molar-refractivity contribution is -0.121. The van der Waals surface area contributed by atoms with E-state index in [-0.39, 0.29) is 31.5 Å². The summed E-state index contributed by atoms with van der Waals surface area (Å²) in [5.41, 5.74) is 8.34. The van der Waals surface area contributed by atoms with Crippen molar-refractivity contribution in [2.75, 3.05) is 25.0 Å². The molecule has 0 aliphatic carbocycles. The Bertz CT molecular complexity index is 1180. The third kappa shape index (κ3) is 5.81. The SMILES string of the molecule is Cc1cc(C)c(S(=O)(=O)N2CCC(C(=O)Nc3ccc(C(=O)NCC(N)=O)cc3)CC2)c(C)c1. The Morgan fingerprint density at radius 3 is 2.09 bits per heavy atom. The topological polar surface area (TPSA) is 139 Å². The Hall–Kier alpha value is -3.24. The number of carbonyl (C=O) groups is 3. The van der Waals surface area contributed by atoms with Gasteiger partial charge in [0.1, 0.15) is 0 Å². The number of carbonyl (C=O) groups excluding carboxylic acids is 3. The molecule has 1 fully saturated rings. The fourth-order valence-electron chi connectivity index (χ4n) is 4.28. The van der Waals surface area contributed by atoms with E-state index < -0.39 is 21.8 Å². The van der Waals surface area contributed by atoms with Crippen LogP contribution in [0, 0.1) is 26.7 Å². The van der Waals surface area contributed by atoms with Gasteiger partial charge in [-0.05, 0) is 69.0 Å². The summed E-state index contributed by atoms with van der Waals surface area (Å²) < 4.78 is 28.0. The predicted molar refractivity (Wildman–Crippen MR) is 129 cm³/mol. The van der Waals surface area contributed by atoms with Crippen LogP contribution in [0.2, 0.25) is 0 Å². The zero-order valence-corrected chi connectivity index (χ0v) is 20.4. The number of hydrogen-bond acceptors (Lipinski definition) is 5. The highest BCUT2D eigenvalue weighted by Gasteiger charge is 2.33. The van der Waals surface area contributed by atoms with E-state index in [0.29, 0.717) is 29.0 Å². The number of sulfonamides is 1. The first-order chi connectivity index (χ1) is 16.0. The Morgan fingerprint density at radius 2 is 1.56 bits per heavy atom. The first-order valence-corrected chi connectivity index (χ1v) is 12.5. The van der Waals surface area contributed by atoms with E-state index in [1.165, 1.54) is 16.4 Å². The van der Waals surface area contributed by atoms with Crippen LogP contribution >= 0.6 is 0 Å². The van der Waals surface area contributed by atoms with Crippen LogP contribution in [0.25, 0.3) is 0 Å². The second-order valence-corrected chi connectivity index (χ2v) is 10.5. The minimum Gasteiger partial charge on any atom is -0.368 e. The van der Waals surface area contributed by atoms with Gasteiger partial charge in [0, 0.05) is 30.3 Å². The Morgan fingerprint density at radius 1 is 1.00 bits per heavy atom. The van der Waals surface area contributed by atoms with E-state index in [1.54, 1.807) is 26.0 Å². The Labute approximate surface area is 199 Å². The normalized spacial score (nSPS) is 15.0. The molecule has 0 bridgehead atoms. The number of hydrogen-bond donors (Lipinski definition) is 3. The molecule has 0 spiro atoms. The first-order valence-electron chi connectivity index (χ1n) is 11.0. The van der Waals surface area contributed by atoms with Crippen molar-refractivity contribution in [2.24, 2.45) is 11.7 Å². The molecule has 0 aromatic heterocycles. The average Bonchev–Trinajstić information content (AvgIpc) is 2.77. The van der Waals surface area contributed by atoms with Gasteiger partial charge < -0.3 is 16.4 Å². The maximum atomic E-state index is 13.2. The van der Waals surface area contributed by atoms with E-state index in [9.17, 15) is 22.8 Å². The van der Waals surface area contributed by atoms with Crippen molar-refractivity contribution in [2.45, 2.75) is 38.5 Å². The first kappa shape index (κ1) is 25.4. The number of rotatable bonds is 7. The van der Waals surface area contributed by atoms with Gasteiger partial charge in [-0.1, -0.05) is 17.7 Å². The number of nitrogens with two attached hydrogens (primary N) is 1. The molecule has 4 N–H and O–H groups in total. The van der Waals surface area contributed by atoms with Gasteiger partial charge in [-0.25, -0.2) is 8.42 Å². The molecule has 1 saturated heterocycles. The van der Waals surface area contributed by atoms with Crippen molar-refractivity contribution in [3.63, 3.8) is 0 Å². The number of aryl methyl sites for hydroxylation is 3. The zero-order valence-electron chi connectivity index (χ0n) is 19.6. The number of nitrogens with zero attached hydrogens (tertiary/aromatic N) is 1. The van der Waals surface area contributed by atoms with Gasteiger partial charge >= 0.3 is 0 Å². The molecule has 3 rings (SSSR count). The number of primary amides is 1. The quantitative estimate of drug-likeness (QED) is 0.548. The van der Waals surface area contributed by atoms with Gasteiger partial charge in [0.2, 0.25) is 21.8 Å². The molecule has 0 saturated carbocycles. The molecule has 0 atom stereocenters. The van der Waals surface area contributed by atoms with Gasteiger partial charge in [-0.3, -0.25) is 14.4 Å². The zero-order chi connectivity index (χ0) is 25.0. The maximum absolute atomic E-state index is 13.2. The summed E-state index contributed by atoms with van der Waals surface area (Å²) in [4.78, 5) is 35.8. The number of amides is 3. The van der Waals surface area contributed by atoms with E-state index in [2.05, 4.69) is 10.6 Å². The molecule has 0 unspecified atom stereocenters. The van der Waals surface area contributed by atoms with Crippen LogP contribution in [0.4, 0.5) is 5.69 Å². The van der Waals surface area contributed by atoms with E-state index >= 15 is 0 Å². The molecule has 34 heavy (non-hydrogen) atoms. The highest BCUT2D eigenvalue weighted by Crippen LogP contribution is 2.29. The fraction of sp³-hybridized carbons (Fsp3) is 0.375. The molecule has 1 heterocycles. The summed E-state index contributed by atoms with van der Waals surface area (Å²) in [6.45, 7) is 5.83. The van der Waals surface area contributed by atoms with Crippen LogP contribution in [0.3, 0.4) is 0 Å². The van der Waals surface area contributed by atoms with Gasteiger partial charge in [-0.15, -0.1) is 0 Å². The molecule has 3 amide bonds. The number of anilines is 1. The Kier molecular flexibility index (Phi) is 7.73. The van der Waals surface area contributed by atoms with Gasteiger partial charge in [0.25, 0.3) is 5.91 Å². The lowest BCUT2D eigenvalue weighted by Crippen LogP contribution is -2.41. The lowest BCUT2D eigenvalue weighted by atomic mass is 9.97. The summed E-state index contributed by atoms with van der Waals surface area (Å²) in [6.07, 6.45) is 0.839. The van der Waals surface area contributed by atoms with Crippen LogP contribution in [-0.4, -0.2) is 50.1 Å². The third-order valence-corrected chi connectivity index (χ3v) is 8.07. The average molecular weight is 487 g/mol. The molecule has 0 radical (unpaired) electrons. The third-order valence-electron chi connectivity index (χ3n) is 5.87. The van der Waals surface area contributed by atoms with Crippen molar-refractivity contribution in [1.29, 1.82) is 0 Å². The van der Waals surface area contributed by atoms with Crippen LogP contribution in [0.1, 0.15) is 39.9 Å². The van der Waals surface area contributed by atoms with Crippen molar-refractivity contribution in [1.82, 2.24) is 9.62 Å². The van der Waals surface area contributed by atoms with E-state index in [4.69, 9.17) is 5.73 Å². The molecule has 182 valence electrons. The molecule has 1 aliphatic rings. The number of piperidine rings is 1. The standard InChI is InChI=1S/C24H30N4O5S/c1-15-12-16(2)22(17(3)13-15)34(32,33)28-10-8-19(9-11-28)24(31)27-20-6-4-18(5-7-20)23(30)26-14-21(25)29/h4-7,12-13,19H,8-11,14H2,1-3H3,(H2,25,29)(H,26,30)(H,27,31). The molecular weight excluding hydrogens is 456 g/mol. The maximum Gasteiger partial charge on any atom is 0.251 e. The molecule has 1 aliphatic heterocycles. The smallest absolute Gasteiger partial charge is 0.251 e. The van der Waals surface area contributed by atoms with Crippen LogP contribution in [-0.2, 0) is 19.6 Å². The van der Waals surface area contributed by atoms with Gasteiger partial charge in [0.15, 0.2) is 0 Å². The minimum atomic E-state index is -3.64. The van der Waals surface area contributed by atoms with Gasteiger partial charge in [-0.2, -0.15) is 4.31 Å². The van der Waals surface area contributed by atoms with E-state index in [1.807, 2.05) is 19.1 Å². The Balaban J connectivity index is 1.59. The molecule has 2 aromatic rings. The minimum absolute atomic E-state index is 0.189. The van der Waals surface area contributed by atoms with Crippen molar-refractivity contribution >= 4 is 33.4 Å². The largest absolute Gasteiger partial charge is 0.368 e. The molecular formula is C24H30N4O5S. The number of benzene rings is 2. The van der Waals surface area contributed by atoms with Crippen LogP contribution < -0.4 is 16.4 Å². The van der Waals surface area contributed by atoms with Crippen molar-refractivity contribution < 1.29 is 22.8 Å². The second kappa shape index (κ2) is 10.4. The summed E-state index contributed by atoms with van der Waals surface area (Å²) in [5, 5.41) is 5.22. The fourth-order valence-corrected chi connectivity index (χ4v) is 6.16. The highest BCUT2D eigenvalue weighted by molar-refractivity contribution is 7.89. The highest BCUT2D eigenvalue weighted by atomic mass is 32.2. The van der Waals surface area contributed by atoms with Crippen molar-refractivity contribution in [3.8, 4) is 0 Å². The summed E-state index contributed by atoms with van der Waals surface area (Å²) in [7, 11) is -3.64. The molecule has 2 aromatic carbocycles. The summed E-state index contributed by atoms with van der Waals surface area (Å²) in [6, 6.07) is 10.00.